The third kappa shape index (κ3) is 17.8. The SMILES string of the molecule is CC(C)c1nc(N(C)S(C)(=O)=O)nc(-c2ccc(F)cc2)c1C=CC(O)CC(O)CC(=O)[O-].CC(C)c1nc(N(C)S(C)(=O)=O)nc(-c2ccc(F)cc2)c1C=CC(O)CC(O)CC(=O)[O-].[Zn+2]. The fourth-order valence-corrected chi connectivity index (χ4v) is 6.83. The molecule has 0 spiro atoms. The van der Waals surface area contributed by atoms with Crippen LogP contribution in [0.15, 0.2) is 60.7 Å². The fraction of sp³-hybridized carbons (Fsp3) is 0.409. The van der Waals surface area contributed by atoms with E-state index in [2.05, 4.69) is 19.9 Å². The Hall–Kier alpha value is -5.16. The van der Waals surface area contributed by atoms with Crippen molar-refractivity contribution >= 4 is 56.0 Å². The Morgan fingerprint density at radius 2 is 0.910 bits per heavy atom. The van der Waals surface area contributed by atoms with Crippen molar-refractivity contribution in [2.24, 2.45) is 0 Å². The number of carboxylic acids is 2. The molecular weight excluding hydrogens is 972 g/mol. The Labute approximate surface area is 401 Å². The van der Waals surface area contributed by atoms with E-state index >= 15 is 0 Å². The number of carbonyl (C=O) groups excluding carboxylic acids is 2. The molecule has 23 heteroatoms. The average molecular weight is 1030 g/mol. The van der Waals surface area contributed by atoms with Crippen LogP contribution in [0.3, 0.4) is 0 Å². The van der Waals surface area contributed by atoms with Crippen LogP contribution in [0.2, 0.25) is 0 Å². The second kappa shape index (κ2) is 25.3. The van der Waals surface area contributed by atoms with Crippen molar-refractivity contribution < 1.29 is 85.3 Å². The summed E-state index contributed by atoms with van der Waals surface area (Å²) < 4.78 is 77.1. The Morgan fingerprint density at radius 1 is 0.612 bits per heavy atom. The number of hydrogen-bond acceptors (Lipinski definition) is 16. The zero-order chi connectivity index (χ0) is 49.8. The Bertz CT molecular complexity index is 2430. The number of carboxylic acid groups (broad SMARTS) is 2. The molecule has 4 unspecified atom stereocenters. The van der Waals surface area contributed by atoms with Crippen LogP contribution in [0.4, 0.5) is 20.7 Å². The fourth-order valence-electron chi connectivity index (χ4n) is 6.07. The number of sulfonamides is 2. The van der Waals surface area contributed by atoms with Crippen LogP contribution in [0.5, 0.6) is 0 Å². The molecule has 67 heavy (non-hydrogen) atoms. The molecule has 0 aliphatic heterocycles. The van der Waals surface area contributed by atoms with Crippen LogP contribution in [0.25, 0.3) is 34.7 Å². The molecular formula is C44H54F2N6O12S2Zn. The summed E-state index contributed by atoms with van der Waals surface area (Å²) in [6.45, 7) is 7.38. The molecule has 0 radical (unpaired) electrons. The first-order valence-corrected chi connectivity index (χ1v) is 24.0. The summed E-state index contributed by atoms with van der Waals surface area (Å²) in [7, 11) is -4.67. The second-order valence-electron chi connectivity index (χ2n) is 15.9. The van der Waals surface area contributed by atoms with Gasteiger partial charge >= 0.3 is 19.5 Å². The number of carbonyl (C=O) groups is 2. The van der Waals surface area contributed by atoms with E-state index in [1.165, 1.54) is 86.9 Å². The molecule has 2 aromatic carbocycles. The van der Waals surface area contributed by atoms with Gasteiger partial charge in [-0.15, -0.1) is 0 Å². The van der Waals surface area contributed by atoms with Gasteiger partial charge in [-0.2, -0.15) is 0 Å². The second-order valence-corrected chi connectivity index (χ2v) is 19.9. The molecule has 2 aromatic heterocycles. The van der Waals surface area contributed by atoms with Gasteiger partial charge in [0.25, 0.3) is 0 Å². The standard InChI is InChI=1S/2C22H28FN3O6S.Zn/c2*1-13(2)20-18(10-9-16(27)11-17(28)12-19(29)30)21(14-5-7-15(23)8-6-14)25-22(24-20)26(3)33(4,31)32;/h2*5-10,13,16-17,27-28H,11-12H2,1-4H3,(H,29,30);/q;;+2/p-2. The predicted octanol–water partition coefficient (Wildman–Crippen LogP) is 2.13. The monoisotopic (exact) mass is 1020 g/mol. The van der Waals surface area contributed by atoms with Crippen LogP contribution in [0.1, 0.15) is 87.7 Å². The molecule has 0 fully saturated rings. The molecule has 0 aliphatic rings. The molecule has 0 amide bonds. The van der Waals surface area contributed by atoms with Gasteiger partial charge in [-0.25, -0.2) is 54.2 Å². The van der Waals surface area contributed by atoms with E-state index in [9.17, 15) is 65.8 Å². The normalized spacial score (nSPS) is 13.7. The van der Waals surface area contributed by atoms with Gasteiger partial charge in [0.2, 0.25) is 31.9 Å². The average Bonchev–Trinajstić information content (AvgIpc) is 3.20. The smallest absolute Gasteiger partial charge is 0.550 e. The number of hydrogen-bond donors (Lipinski definition) is 4. The van der Waals surface area contributed by atoms with Crippen LogP contribution in [0, 0.1) is 11.6 Å². The first kappa shape index (κ1) is 58.0. The molecule has 4 rings (SSSR count). The summed E-state index contributed by atoms with van der Waals surface area (Å²) in [5, 5.41) is 61.1. The largest absolute Gasteiger partial charge is 2.00 e. The van der Waals surface area contributed by atoms with Crippen molar-refractivity contribution in [1.29, 1.82) is 0 Å². The van der Waals surface area contributed by atoms with E-state index < -0.39 is 80.9 Å². The third-order valence-corrected chi connectivity index (χ3v) is 11.9. The molecule has 2 heterocycles. The van der Waals surface area contributed by atoms with Crippen molar-refractivity contribution in [3.8, 4) is 22.5 Å². The minimum Gasteiger partial charge on any atom is -0.550 e. The number of rotatable bonds is 20. The predicted molar refractivity (Wildman–Crippen MR) is 240 cm³/mol. The molecule has 0 saturated carbocycles. The molecule has 0 bridgehead atoms. The Balaban J connectivity index is 0.000000453. The van der Waals surface area contributed by atoms with Gasteiger partial charge in [-0.1, -0.05) is 52.0 Å². The minimum atomic E-state index is -3.66. The number of nitrogens with zero attached hydrogens (tertiary/aromatic N) is 6. The summed E-state index contributed by atoms with van der Waals surface area (Å²) in [4.78, 5) is 38.9. The topological polar surface area (TPSA) is 287 Å². The number of aliphatic hydroxyl groups is 4. The van der Waals surface area contributed by atoms with Crippen molar-refractivity contribution in [3.05, 3.63) is 94.8 Å². The van der Waals surface area contributed by atoms with Crippen LogP contribution in [-0.2, 0) is 49.1 Å². The van der Waals surface area contributed by atoms with Gasteiger partial charge in [0.15, 0.2) is 0 Å². The van der Waals surface area contributed by atoms with Gasteiger partial charge in [0, 0.05) is 74.0 Å². The van der Waals surface area contributed by atoms with Crippen molar-refractivity contribution in [1.82, 2.24) is 19.9 Å². The summed E-state index contributed by atoms with van der Waals surface area (Å²) in [5.41, 5.74) is 3.52. The van der Waals surface area contributed by atoms with Crippen molar-refractivity contribution in [3.63, 3.8) is 0 Å². The quantitative estimate of drug-likeness (QED) is 0.0923. The maximum atomic E-state index is 13.5. The summed E-state index contributed by atoms with van der Waals surface area (Å²) in [5.74, 6) is -4.28. The Kier molecular flexibility index (Phi) is 21.9. The number of benzene rings is 2. The van der Waals surface area contributed by atoms with Gasteiger partial charge in [-0.3, -0.25) is 0 Å². The number of aliphatic hydroxyl groups excluding tert-OH is 4. The molecule has 360 valence electrons. The van der Waals surface area contributed by atoms with Gasteiger partial charge < -0.3 is 40.2 Å². The molecule has 0 aliphatic carbocycles. The molecule has 4 aromatic rings. The number of aromatic nitrogens is 4. The van der Waals surface area contributed by atoms with E-state index in [-0.39, 0.29) is 56.1 Å². The van der Waals surface area contributed by atoms with Crippen molar-refractivity contribution in [2.45, 2.75) is 89.6 Å². The molecule has 4 N–H and O–H groups in total. The summed E-state index contributed by atoms with van der Waals surface area (Å²) in [6, 6.07) is 10.9. The zero-order valence-electron chi connectivity index (χ0n) is 38.2. The van der Waals surface area contributed by atoms with Gasteiger partial charge in [0.05, 0.1) is 59.7 Å². The molecule has 18 nitrogen and oxygen atoms in total. The number of halogens is 2. The van der Waals surface area contributed by atoms with E-state index in [0.29, 0.717) is 45.0 Å². The van der Waals surface area contributed by atoms with Crippen molar-refractivity contribution in [2.75, 3.05) is 35.2 Å². The maximum Gasteiger partial charge on any atom is 2.00 e. The van der Waals surface area contributed by atoms with E-state index in [1.807, 2.05) is 27.7 Å². The van der Waals surface area contributed by atoms with E-state index in [1.54, 1.807) is 0 Å². The first-order chi connectivity index (χ1) is 30.6. The Morgan fingerprint density at radius 3 is 1.16 bits per heavy atom. The molecule has 0 saturated heterocycles. The van der Waals surface area contributed by atoms with E-state index in [0.717, 1.165) is 21.1 Å². The summed E-state index contributed by atoms with van der Waals surface area (Å²) >= 11 is 0. The number of aliphatic carboxylic acids is 2. The number of anilines is 2. The van der Waals surface area contributed by atoms with E-state index in [4.69, 9.17) is 0 Å². The summed E-state index contributed by atoms with van der Waals surface area (Å²) in [6.07, 6.45) is 1.16. The third-order valence-electron chi connectivity index (χ3n) is 9.62. The zero-order valence-corrected chi connectivity index (χ0v) is 42.8. The minimum absolute atomic E-state index is 0. The van der Waals surface area contributed by atoms with Crippen LogP contribution >= 0.6 is 0 Å². The maximum absolute atomic E-state index is 13.5. The van der Waals surface area contributed by atoms with Crippen LogP contribution < -0.4 is 18.8 Å². The molecule has 4 atom stereocenters. The first-order valence-electron chi connectivity index (χ1n) is 20.3. The van der Waals surface area contributed by atoms with Crippen LogP contribution in [-0.4, -0.2) is 120 Å². The van der Waals surface area contributed by atoms with Gasteiger partial charge in [-0.05, 0) is 60.4 Å². The van der Waals surface area contributed by atoms with Gasteiger partial charge in [0.1, 0.15) is 11.6 Å².